The number of carbonyl (C=O) groups is 1. The quantitative estimate of drug-likeness (QED) is 0.793. The molecule has 0 aliphatic carbocycles. The number of nitrogens with zero attached hydrogens (tertiary/aromatic N) is 1. The molecule has 0 unspecified atom stereocenters. The minimum Gasteiger partial charge on any atom is -0.492 e. The van der Waals surface area contributed by atoms with Gasteiger partial charge in [0.1, 0.15) is 12.4 Å². The molecule has 5 heteroatoms. The van der Waals surface area contributed by atoms with E-state index in [4.69, 9.17) is 4.74 Å². The first kappa shape index (κ1) is 16.6. The lowest BCUT2D eigenvalue weighted by Crippen LogP contribution is -2.48. The third kappa shape index (κ3) is 4.37. The number of amides is 2. The SMILES string of the molecule is CCC1(CO)CCN(C(=O)NCCOc2ccccc2)CC1. The van der Waals surface area contributed by atoms with Crippen LogP contribution in [0.4, 0.5) is 4.79 Å². The molecule has 1 aromatic carbocycles. The fraction of sp³-hybridized carbons (Fsp3) is 0.588. The lowest BCUT2D eigenvalue weighted by molar-refractivity contribution is 0.0518. The summed E-state index contributed by atoms with van der Waals surface area (Å²) >= 11 is 0. The molecular weight excluding hydrogens is 280 g/mol. The summed E-state index contributed by atoms with van der Waals surface area (Å²) in [4.78, 5) is 13.9. The summed E-state index contributed by atoms with van der Waals surface area (Å²) in [7, 11) is 0. The summed E-state index contributed by atoms with van der Waals surface area (Å²) in [6, 6.07) is 9.52. The maximum atomic E-state index is 12.1. The summed E-state index contributed by atoms with van der Waals surface area (Å²) in [5.41, 5.74) is 0.00714. The topological polar surface area (TPSA) is 61.8 Å². The average molecular weight is 306 g/mol. The van der Waals surface area contributed by atoms with Crippen LogP contribution in [0.15, 0.2) is 30.3 Å². The predicted octanol–water partition coefficient (Wildman–Crippen LogP) is 2.26. The van der Waals surface area contributed by atoms with Crippen LogP contribution in [0.1, 0.15) is 26.2 Å². The number of hydrogen-bond acceptors (Lipinski definition) is 3. The Morgan fingerprint density at radius 2 is 2.00 bits per heavy atom. The normalized spacial score (nSPS) is 17.1. The fourth-order valence-electron chi connectivity index (χ4n) is 2.76. The van der Waals surface area contributed by atoms with Gasteiger partial charge < -0.3 is 20.1 Å². The molecule has 1 aromatic rings. The zero-order chi connectivity index (χ0) is 15.8. The highest BCUT2D eigenvalue weighted by Crippen LogP contribution is 2.34. The van der Waals surface area contributed by atoms with Gasteiger partial charge in [0.15, 0.2) is 0 Å². The monoisotopic (exact) mass is 306 g/mol. The number of ether oxygens (including phenoxy) is 1. The molecule has 122 valence electrons. The number of rotatable bonds is 6. The zero-order valence-electron chi connectivity index (χ0n) is 13.3. The van der Waals surface area contributed by atoms with Gasteiger partial charge in [0.05, 0.1) is 6.54 Å². The number of aliphatic hydroxyl groups is 1. The third-order valence-electron chi connectivity index (χ3n) is 4.59. The number of likely N-dealkylation sites (tertiary alicyclic amines) is 1. The molecule has 2 N–H and O–H groups in total. The van der Waals surface area contributed by atoms with E-state index in [9.17, 15) is 9.90 Å². The average Bonchev–Trinajstić information content (AvgIpc) is 2.59. The molecule has 0 aromatic heterocycles. The van der Waals surface area contributed by atoms with Crippen molar-refractivity contribution in [2.45, 2.75) is 26.2 Å². The minimum absolute atomic E-state index is 0.00714. The molecule has 1 aliphatic heterocycles. The molecule has 22 heavy (non-hydrogen) atoms. The van der Waals surface area contributed by atoms with Gasteiger partial charge in [0, 0.05) is 19.7 Å². The summed E-state index contributed by atoms with van der Waals surface area (Å²) in [6.45, 7) is 4.68. The standard InChI is InChI=1S/C17H26N2O3/c1-2-17(14-20)8-11-19(12-9-17)16(21)18-10-13-22-15-6-4-3-5-7-15/h3-7,20H,2,8-14H2,1H3,(H,18,21). The van der Waals surface area contributed by atoms with Gasteiger partial charge in [-0.1, -0.05) is 25.1 Å². The number of carbonyl (C=O) groups excluding carboxylic acids is 1. The first-order valence-electron chi connectivity index (χ1n) is 8.00. The number of benzene rings is 1. The van der Waals surface area contributed by atoms with E-state index < -0.39 is 0 Å². The second-order valence-electron chi connectivity index (χ2n) is 5.89. The van der Waals surface area contributed by atoms with E-state index in [1.807, 2.05) is 35.2 Å². The maximum Gasteiger partial charge on any atom is 0.317 e. The minimum atomic E-state index is -0.0423. The highest BCUT2D eigenvalue weighted by Gasteiger charge is 2.33. The van der Waals surface area contributed by atoms with Crippen molar-refractivity contribution in [3.63, 3.8) is 0 Å². The van der Waals surface area contributed by atoms with E-state index in [0.717, 1.165) is 25.0 Å². The molecule has 0 saturated carbocycles. The summed E-state index contributed by atoms with van der Waals surface area (Å²) < 4.78 is 5.55. The fourth-order valence-corrected chi connectivity index (χ4v) is 2.76. The Morgan fingerprint density at radius 1 is 1.32 bits per heavy atom. The van der Waals surface area contributed by atoms with Crippen LogP contribution in [0.2, 0.25) is 0 Å². The van der Waals surface area contributed by atoms with Crippen LogP contribution in [0.3, 0.4) is 0 Å². The smallest absolute Gasteiger partial charge is 0.317 e. The Bertz CT molecular complexity index is 450. The van der Waals surface area contributed by atoms with Crippen molar-refractivity contribution in [3.8, 4) is 5.75 Å². The lowest BCUT2D eigenvalue weighted by Gasteiger charge is -2.40. The number of urea groups is 1. The van der Waals surface area contributed by atoms with Crippen LogP contribution < -0.4 is 10.1 Å². The van der Waals surface area contributed by atoms with Crippen molar-refractivity contribution in [2.75, 3.05) is 32.8 Å². The molecule has 0 radical (unpaired) electrons. The van der Waals surface area contributed by atoms with Crippen LogP contribution in [0.5, 0.6) is 5.75 Å². The molecule has 1 saturated heterocycles. The Kier molecular flexibility index (Phi) is 6.07. The van der Waals surface area contributed by atoms with Crippen molar-refractivity contribution in [3.05, 3.63) is 30.3 Å². The van der Waals surface area contributed by atoms with E-state index in [1.165, 1.54) is 0 Å². The predicted molar refractivity (Wildman–Crippen MR) is 86.0 cm³/mol. The Morgan fingerprint density at radius 3 is 2.59 bits per heavy atom. The summed E-state index contributed by atoms with van der Waals surface area (Å²) in [5, 5.41) is 12.4. The summed E-state index contributed by atoms with van der Waals surface area (Å²) in [6.07, 6.45) is 2.70. The molecule has 0 bridgehead atoms. The molecule has 0 spiro atoms. The van der Waals surface area contributed by atoms with E-state index >= 15 is 0 Å². The number of aliphatic hydroxyl groups excluding tert-OH is 1. The highest BCUT2D eigenvalue weighted by atomic mass is 16.5. The van der Waals surface area contributed by atoms with Crippen molar-refractivity contribution in [1.29, 1.82) is 0 Å². The van der Waals surface area contributed by atoms with E-state index in [2.05, 4.69) is 12.2 Å². The van der Waals surface area contributed by atoms with Gasteiger partial charge in [-0.05, 0) is 36.8 Å². The van der Waals surface area contributed by atoms with Gasteiger partial charge in [-0.2, -0.15) is 0 Å². The van der Waals surface area contributed by atoms with E-state index in [-0.39, 0.29) is 18.1 Å². The molecular formula is C17H26N2O3. The number of piperidine rings is 1. The summed E-state index contributed by atoms with van der Waals surface area (Å²) in [5.74, 6) is 0.811. The van der Waals surface area contributed by atoms with Crippen LogP contribution in [0, 0.1) is 5.41 Å². The molecule has 1 fully saturated rings. The number of hydrogen-bond donors (Lipinski definition) is 2. The third-order valence-corrected chi connectivity index (χ3v) is 4.59. The molecule has 2 amide bonds. The second-order valence-corrected chi connectivity index (χ2v) is 5.89. The molecule has 1 aliphatic rings. The largest absolute Gasteiger partial charge is 0.492 e. The Balaban J connectivity index is 1.66. The van der Waals surface area contributed by atoms with Crippen LogP contribution in [-0.4, -0.2) is 48.9 Å². The van der Waals surface area contributed by atoms with Crippen molar-refractivity contribution in [1.82, 2.24) is 10.2 Å². The van der Waals surface area contributed by atoms with Crippen LogP contribution in [-0.2, 0) is 0 Å². The lowest BCUT2D eigenvalue weighted by atomic mass is 9.77. The van der Waals surface area contributed by atoms with Crippen molar-refractivity contribution >= 4 is 6.03 Å². The molecule has 2 rings (SSSR count). The first-order valence-corrected chi connectivity index (χ1v) is 8.00. The Labute approximate surface area is 132 Å². The molecule has 0 atom stereocenters. The van der Waals surface area contributed by atoms with Gasteiger partial charge in [0.2, 0.25) is 0 Å². The van der Waals surface area contributed by atoms with Gasteiger partial charge in [-0.25, -0.2) is 4.79 Å². The molecule has 5 nitrogen and oxygen atoms in total. The van der Waals surface area contributed by atoms with Gasteiger partial charge >= 0.3 is 6.03 Å². The van der Waals surface area contributed by atoms with Gasteiger partial charge in [-0.15, -0.1) is 0 Å². The second kappa shape index (κ2) is 8.03. The first-order chi connectivity index (χ1) is 10.7. The van der Waals surface area contributed by atoms with Gasteiger partial charge in [0.25, 0.3) is 0 Å². The van der Waals surface area contributed by atoms with Crippen molar-refractivity contribution in [2.24, 2.45) is 5.41 Å². The zero-order valence-corrected chi connectivity index (χ0v) is 13.3. The number of para-hydroxylation sites is 1. The van der Waals surface area contributed by atoms with E-state index in [1.54, 1.807) is 0 Å². The van der Waals surface area contributed by atoms with Crippen LogP contribution >= 0.6 is 0 Å². The van der Waals surface area contributed by atoms with E-state index in [0.29, 0.717) is 26.2 Å². The van der Waals surface area contributed by atoms with Crippen molar-refractivity contribution < 1.29 is 14.6 Å². The highest BCUT2D eigenvalue weighted by molar-refractivity contribution is 5.74. The van der Waals surface area contributed by atoms with Gasteiger partial charge in [-0.3, -0.25) is 0 Å². The van der Waals surface area contributed by atoms with Crippen LogP contribution in [0.25, 0.3) is 0 Å². The molecule has 1 heterocycles. The number of nitrogens with one attached hydrogen (secondary N) is 1. The maximum absolute atomic E-state index is 12.1. The Hall–Kier alpha value is -1.75.